The molecule has 1 aliphatic carbocycles. The van der Waals surface area contributed by atoms with Gasteiger partial charge >= 0.3 is 0 Å². The van der Waals surface area contributed by atoms with Crippen LogP contribution in [-0.4, -0.2) is 13.7 Å². The Morgan fingerprint density at radius 2 is 2.25 bits per heavy atom. The largest absolute Gasteiger partial charge is 0.385 e. The summed E-state index contributed by atoms with van der Waals surface area (Å²) in [6, 6.07) is 8.40. The zero-order valence-corrected chi connectivity index (χ0v) is 9.78. The Balaban J connectivity index is 1.89. The Labute approximate surface area is 97.8 Å². The standard InChI is InChI=1S/C15H18O/c1-3-12-5-4-6-14(9-12)15-10-13(11-15)7-8-16-2/h1,4-6,9,13,15H,7-8,10-11H2,2H3. The lowest BCUT2D eigenvalue weighted by Gasteiger charge is -2.35. The first-order valence-electron chi connectivity index (χ1n) is 5.89. The molecule has 0 aromatic heterocycles. The van der Waals surface area contributed by atoms with Crippen molar-refractivity contribution in [3.05, 3.63) is 35.4 Å². The molecule has 0 N–H and O–H groups in total. The summed E-state index contributed by atoms with van der Waals surface area (Å²) in [4.78, 5) is 0. The SMILES string of the molecule is C#Cc1cccc(C2CC(CCOC)C2)c1. The number of terminal acetylenes is 1. The molecule has 2 rings (SSSR count). The lowest BCUT2D eigenvalue weighted by Crippen LogP contribution is -2.23. The maximum absolute atomic E-state index is 5.40. The second-order valence-electron chi connectivity index (χ2n) is 4.59. The van der Waals surface area contributed by atoms with Crippen molar-refractivity contribution in [1.29, 1.82) is 0 Å². The molecule has 1 aromatic rings. The second kappa shape index (κ2) is 5.18. The summed E-state index contributed by atoms with van der Waals surface area (Å²) in [5.41, 5.74) is 2.40. The maximum atomic E-state index is 5.40. The van der Waals surface area contributed by atoms with Crippen LogP contribution in [0.15, 0.2) is 24.3 Å². The van der Waals surface area contributed by atoms with E-state index in [1.807, 2.05) is 6.07 Å². The molecule has 1 saturated carbocycles. The van der Waals surface area contributed by atoms with E-state index in [4.69, 9.17) is 11.2 Å². The van der Waals surface area contributed by atoms with Gasteiger partial charge in [-0.2, -0.15) is 0 Å². The van der Waals surface area contributed by atoms with Crippen molar-refractivity contribution in [3.8, 4) is 12.3 Å². The highest BCUT2D eigenvalue weighted by Gasteiger charge is 2.29. The van der Waals surface area contributed by atoms with Crippen molar-refractivity contribution in [1.82, 2.24) is 0 Å². The molecule has 0 spiro atoms. The van der Waals surface area contributed by atoms with Crippen LogP contribution in [0.1, 0.15) is 36.3 Å². The average Bonchev–Trinajstić information content (AvgIpc) is 2.27. The summed E-state index contributed by atoms with van der Waals surface area (Å²) in [5.74, 6) is 4.26. The summed E-state index contributed by atoms with van der Waals surface area (Å²) in [6.45, 7) is 0.891. The lowest BCUT2D eigenvalue weighted by molar-refractivity contribution is 0.143. The molecule has 0 aliphatic heterocycles. The predicted molar refractivity (Wildman–Crippen MR) is 66.3 cm³/mol. The van der Waals surface area contributed by atoms with Gasteiger partial charge in [-0.15, -0.1) is 6.42 Å². The van der Waals surface area contributed by atoms with E-state index in [0.717, 1.165) is 24.0 Å². The van der Waals surface area contributed by atoms with Gasteiger partial charge in [0.15, 0.2) is 0 Å². The molecule has 0 atom stereocenters. The fraction of sp³-hybridized carbons (Fsp3) is 0.467. The first-order chi connectivity index (χ1) is 7.83. The molecule has 1 fully saturated rings. The predicted octanol–water partition coefficient (Wildman–Crippen LogP) is 3.20. The molecule has 84 valence electrons. The normalized spacial score (nSPS) is 23.5. The zero-order chi connectivity index (χ0) is 11.4. The van der Waals surface area contributed by atoms with Crippen LogP contribution in [0.25, 0.3) is 0 Å². The molecule has 0 heterocycles. The topological polar surface area (TPSA) is 9.23 Å². The molecule has 0 radical (unpaired) electrons. The van der Waals surface area contributed by atoms with Gasteiger partial charge in [0.05, 0.1) is 0 Å². The highest BCUT2D eigenvalue weighted by molar-refractivity contribution is 5.37. The number of rotatable bonds is 4. The number of methoxy groups -OCH3 is 1. The summed E-state index contributed by atoms with van der Waals surface area (Å²) >= 11 is 0. The van der Waals surface area contributed by atoms with Gasteiger partial charge in [-0.25, -0.2) is 0 Å². The summed E-state index contributed by atoms with van der Waals surface area (Å²) in [7, 11) is 1.77. The van der Waals surface area contributed by atoms with Crippen LogP contribution in [0.3, 0.4) is 0 Å². The van der Waals surface area contributed by atoms with E-state index in [0.29, 0.717) is 0 Å². The van der Waals surface area contributed by atoms with Gasteiger partial charge in [0.25, 0.3) is 0 Å². The fourth-order valence-corrected chi connectivity index (χ4v) is 2.41. The minimum atomic E-state index is 0.718. The quantitative estimate of drug-likeness (QED) is 0.699. The Hall–Kier alpha value is -1.26. The van der Waals surface area contributed by atoms with Crippen LogP contribution in [0.4, 0.5) is 0 Å². The van der Waals surface area contributed by atoms with Crippen LogP contribution >= 0.6 is 0 Å². The van der Waals surface area contributed by atoms with E-state index >= 15 is 0 Å². The van der Waals surface area contributed by atoms with Crippen molar-refractivity contribution < 1.29 is 4.74 Å². The molecular formula is C15H18O. The highest BCUT2D eigenvalue weighted by atomic mass is 16.5. The number of ether oxygens (including phenoxy) is 1. The molecule has 1 aromatic carbocycles. The van der Waals surface area contributed by atoms with Gasteiger partial charge in [0.2, 0.25) is 0 Å². The van der Waals surface area contributed by atoms with E-state index in [2.05, 4.69) is 24.1 Å². The third kappa shape index (κ3) is 2.46. The van der Waals surface area contributed by atoms with Crippen molar-refractivity contribution in [3.63, 3.8) is 0 Å². The minimum absolute atomic E-state index is 0.718. The Bertz CT molecular complexity index is 383. The molecule has 0 bridgehead atoms. The number of hydrogen-bond donors (Lipinski definition) is 0. The Kier molecular flexibility index (Phi) is 3.64. The third-order valence-corrected chi connectivity index (χ3v) is 3.49. The fourth-order valence-electron chi connectivity index (χ4n) is 2.41. The molecule has 1 aliphatic rings. The second-order valence-corrected chi connectivity index (χ2v) is 4.59. The number of benzene rings is 1. The Morgan fingerprint density at radius 1 is 1.44 bits per heavy atom. The van der Waals surface area contributed by atoms with E-state index < -0.39 is 0 Å². The van der Waals surface area contributed by atoms with Gasteiger partial charge in [0, 0.05) is 19.3 Å². The monoisotopic (exact) mass is 214 g/mol. The van der Waals surface area contributed by atoms with Gasteiger partial charge in [-0.3, -0.25) is 0 Å². The van der Waals surface area contributed by atoms with Crippen molar-refractivity contribution in [2.45, 2.75) is 25.2 Å². The summed E-state index contributed by atoms with van der Waals surface area (Å²) in [5, 5.41) is 0. The minimum Gasteiger partial charge on any atom is -0.385 e. The molecule has 1 heteroatoms. The summed E-state index contributed by atoms with van der Waals surface area (Å²) < 4.78 is 5.10. The van der Waals surface area contributed by atoms with Crippen LogP contribution in [0.5, 0.6) is 0 Å². The van der Waals surface area contributed by atoms with Crippen molar-refractivity contribution >= 4 is 0 Å². The van der Waals surface area contributed by atoms with E-state index in [1.165, 1.54) is 24.8 Å². The van der Waals surface area contributed by atoms with Crippen LogP contribution < -0.4 is 0 Å². The molecule has 16 heavy (non-hydrogen) atoms. The van der Waals surface area contributed by atoms with E-state index in [-0.39, 0.29) is 0 Å². The van der Waals surface area contributed by atoms with Gasteiger partial charge in [-0.1, -0.05) is 18.1 Å². The highest BCUT2D eigenvalue weighted by Crippen LogP contribution is 2.43. The molecule has 0 saturated heterocycles. The first-order valence-corrected chi connectivity index (χ1v) is 5.89. The molecule has 1 nitrogen and oxygen atoms in total. The maximum Gasteiger partial charge on any atom is 0.0464 e. The number of hydrogen-bond acceptors (Lipinski definition) is 1. The van der Waals surface area contributed by atoms with Crippen molar-refractivity contribution in [2.24, 2.45) is 5.92 Å². The van der Waals surface area contributed by atoms with Crippen LogP contribution in [0, 0.1) is 18.3 Å². The summed E-state index contributed by atoms with van der Waals surface area (Å²) in [6.07, 6.45) is 9.18. The van der Waals surface area contributed by atoms with E-state index in [1.54, 1.807) is 7.11 Å². The van der Waals surface area contributed by atoms with E-state index in [9.17, 15) is 0 Å². The molecular weight excluding hydrogens is 196 g/mol. The average molecular weight is 214 g/mol. The van der Waals surface area contributed by atoms with Crippen LogP contribution in [0.2, 0.25) is 0 Å². The van der Waals surface area contributed by atoms with Crippen molar-refractivity contribution in [2.75, 3.05) is 13.7 Å². The molecule has 0 amide bonds. The zero-order valence-electron chi connectivity index (χ0n) is 9.78. The third-order valence-electron chi connectivity index (χ3n) is 3.49. The lowest BCUT2D eigenvalue weighted by atomic mass is 9.70. The molecule has 0 unspecified atom stereocenters. The van der Waals surface area contributed by atoms with Gasteiger partial charge in [0.1, 0.15) is 0 Å². The first kappa shape index (κ1) is 11.2. The van der Waals surface area contributed by atoms with Crippen LogP contribution in [-0.2, 0) is 4.74 Å². The van der Waals surface area contributed by atoms with Gasteiger partial charge < -0.3 is 4.74 Å². The smallest absolute Gasteiger partial charge is 0.0464 e. The Morgan fingerprint density at radius 3 is 2.94 bits per heavy atom. The van der Waals surface area contributed by atoms with Gasteiger partial charge in [-0.05, 0) is 48.8 Å².